The van der Waals surface area contributed by atoms with Gasteiger partial charge in [0.2, 0.25) is 0 Å². The average Bonchev–Trinajstić information content (AvgIpc) is 2.89. The lowest BCUT2D eigenvalue weighted by Crippen LogP contribution is -2.36. The lowest BCUT2D eigenvalue weighted by Gasteiger charge is -2.32. The molecule has 2 aliphatic rings. The van der Waals surface area contributed by atoms with E-state index in [1.54, 1.807) is 0 Å². The van der Waals surface area contributed by atoms with Crippen molar-refractivity contribution in [1.29, 1.82) is 0 Å². The molecule has 1 aromatic heterocycles. The molecule has 2 atom stereocenters. The molecule has 3 rings (SSSR count). The zero-order valence-electron chi connectivity index (χ0n) is 12.9. The van der Waals surface area contributed by atoms with E-state index in [-0.39, 0.29) is 0 Å². The minimum Gasteiger partial charge on any atom is -0.333 e. The van der Waals surface area contributed by atoms with Crippen LogP contribution in [0, 0.1) is 5.92 Å². The van der Waals surface area contributed by atoms with Gasteiger partial charge < -0.3 is 14.8 Å². The number of piperidine rings is 2. The Bertz CT molecular complexity index is 420. The Balaban J connectivity index is 1.64. The van der Waals surface area contributed by atoms with Crippen molar-refractivity contribution in [3.8, 4) is 0 Å². The van der Waals surface area contributed by atoms with Gasteiger partial charge in [-0.25, -0.2) is 4.98 Å². The van der Waals surface area contributed by atoms with Crippen molar-refractivity contribution in [2.75, 3.05) is 20.1 Å². The molecule has 1 N–H and O–H groups in total. The Hall–Kier alpha value is -0.870. The van der Waals surface area contributed by atoms with Gasteiger partial charge in [-0.3, -0.25) is 0 Å². The average molecular weight is 276 g/mol. The smallest absolute Gasteiger partial charge is 0.0948 e. The molecule has 0 amide bonds. The lowest BCUT2D eigenvalue weighted by atomic mass is 9.95. The number of imidazole rings is 1. The summed E-state index contributed by atoms with van der Waals surface area (Å²) in [7, 11) is 2.23. The molecule has 3 heterocycles. The van der Waals surface area contributed by atoms with Crippen molar-refractivity contribution in [2.45, 2.75) is 57.7 Å². The van der Waals surface area contributed by atoms with Crippen LogP contribution in [0.5, 0.6) is 0 Å². The SMILES string of the molecule is CC1CCCC(c2cncn2CC2CCN(C)CC2)N1. The van der Waals surface area contributed by atoms with E-state index in [4.69, 9.17) is 0 Å². The highest BCUT2D eigenvalue weighted by Crippen LogP contribution is 2.27. The Kier molecular flexibility index (Phi) is 4.41. The Morgan fingerprint density at radius 1 is 1.25 bits per heavy atom. The first-order valence-corrected chi connectivity index (χ1v) is 8.17. The third-order valence-electron chi connectivity index (χ3n) is 5.01. The summed E-state index contributed by atoms with van der Waals surface area (Å²) >= 11 is 0. The van der Waals surface area contributed by atoms with E-state index < -0.39 is 0 Å². The van der Waals surface area contributed by atoms with Gasteiger partial charge in [0.15, 0.2) is 0 Å². The Morgan fingerprint density at radius 3 is 2.80 bits per heavy atom. The minimum atomic E-state index is 0.507. The fraction of sp³-hybridized carbons (Fsp3) is 0.812. The topological polar surface area (TPSA) is 33.1 Å². The lowest BCUT2D eigenvalue weighted by molar-refractivity contribution is 0.202. The van der Waals surface area contributed by atoms with Crippen LogP contribution in [0.25, 0.3) is 0 Å². The highest BCUT2D eigenvalue weighted by atomic mass is 15.1. The number of hydrogen-bond acceptors (Lipinski definition) is 3. The number of nitrogens with one attached hydrogen (secondary N) is 1. The maximum absolute atomic E-state index is 4.42. The van der Waals surface area contributed by atoms with E-state index in [2.05, 4.69) is 39.9 Å². The largest absolute Gasteiger partial charge is 0.333 e. The molecule has 112 valence electrons. The van der Waals surface area contributed by atoms with Crippen LogP contribution in [-0.4, -0.2) is 40.6 Å². The van der Waals surface area contributed by atoms with E-state index in [0.717, 1.165) is 12.5 Å². The van der Waals surface area contributed by atoms with Gasteiger partial charge in [0.1, 0.15) is 0 Å². The first-order valence-electron chi connectivity index (χ1n) is 8.17. The molecule has 2 saturated heterocycles. The molecule has 0 radical (unpaired) electrons. The zero-order valence-corrected chi connectivity index (χ0v) is 12.9. The fourth-order valence-corrected chi connectivity index (χ4v) is 3.67. The summed E-state index contributed by atoms with van der Waals surface area (Å²) in [5.41, 5.74) is 1.40. The van der Waals surface area contributed by atoms with Crippen molar-refractivity contribution in [3.63, 3.8) is 0 Å². The summed E-state index contributed by atoms with van der Waals surface area (Å²) in [4.78, 5) is 6.86. The van der Waals surface area contributed by atoms with Gasteiger partial charge in [0, 0.05) is 24.8 Å². The maximum Gasteiger partial charge on any atom is 0.0948 e. The molecule has 0 saturated carbocycles. The van der Waals surface area contributed by atoms with Crippen LogP contribution in [0.4, 0.5) is 0 Å². The summed E-state index contributed by atoms with van der Waals surface area (Å²) in [6, 6.07) is 1.15. The normalized spacial score (nSPS) is 29.7. The van der Waals surface area contributed by atoms with Gasteiger partial charge in [0.25, 0.3) is 0 Å². The molecule has 20 heavy (non-hydrogen) atoms. The molecule has 1 aromatic rings. The Labute approximate surface area is 122 Å². The quantitative estimate of drug-likeness (QED) is 0.920. The van der Waals surface area contributed by atoms with Crippen molar-refractivity contribution >= 4 is 0 Å². The van der Waals surface area contributed by atoms with Gasteiger partial charge in [0.05, 0.1) is 12.0 Å². The highest BCUT2D eigenvalue weighted by Gasteiger charge is 2.24. The standard InChI is InChI=1S/C16H28N4/c1-13-4-3-5-15(18-13)16-10-17-12-20(16)11-14-6-8-19(2)9-7-14/h10,12-15,18H,3-9,11H2,1-2H3. The Morgan fingerprint density at radius 2 is 2.05 bits per heavy atom. The van der Waals surface area contributed by atoms with Crippen LogP contribution in [0.2, 0.25) is 0 Å². The minimum absolute atomic E-state index is 0.507. The van der Waals surface area contributed by atoms with Crippen molar-refractivity contribution in [1.82, 2.24) is 19.8 Å². The predicted octanol–water partition coefficient (Wildman–Crippen LogP) is 2.43. The van der Waals surface area contributed by atoms with E-state index in [0.29, 0.717) is 12.1 Å². The predicted molar refractivity (Wildman–Crippen MR) is 81.6 cm³/mol. The molecule has 2 aliphatic heterocycles. The number of hydrogen-bond donors (Lipinski definition) is 1. The van der Waals surface area contributed by atoms with Gasteiger partial charge in [-0.1, -0.05) is 0 Å². The molecule has 0 bridgehead atoms. The summed E-state index contributed by atoms with van der Waals surface area (Å²) in [5, 5.41) is 3.73. The summed E-state index contributed by atoms with van der Waals surface area (Å²) < 4.78 is 2.41. The van der Waals surface area contributed by atoms with Gasteiger partial charge >= 0.3 is 0 Å². The molecule has 0 aliphatic carbocycles. The zero-order chi connectivity index (χ0) is 13.9. The molecule has 4 heteroatoms. The molecule has 0 aromatic carbocycles. The number of nitrogens with zero attached hydrogens (tertiary/aromatic N) is 3. The second-order valence-corrected chi connectivity index (χ2v) is 6.77. The first kappa shape index (κ1) is 14.1. The summed E-state index contributed by atoms with van der Waals surface area (Å²) in [6.07, 6.45) is 10.6. The third-order valence-corrected chi connectivity index (χ3v) is 5.01. The van der Waals surface area contributed by atoms with Crippen molar-refractivity contribution in [3.05, 3.63) is 18.2 Å². The number of aromatic nitrogens is 2. The third kappa shape index (κ3) is 3.23. The van der Waals surface area contributed by atoms with Gasteiger partial charge in [-0.15, -0.1) is 0 Å². The second-order valence-electron chi connectivity index (χ2n) is 6.77. The monoisotopic (exact) mass is 276 g/mol. The van der Waals surface area contributed by atoms with Crippen LogP contribution in [-0.2, 0) is 6.54 Å². The van der Waals surface area contributed by atoms with Crippen LogP contribution in [0.3, 0.4) is 0 Å². The summed E-state index contributed by atoms with van der Waals surface area (Å²) in [6.45, 7) is 5.93. The molecule has 4 nitrogen and oxygen atoms in total. The maximum atomic E-state index is 4.42. The van der Waals surface area contributed by atoms with E-state index in [1.165, 1.54) is 50.9 Å². The molecular formula is C16H28N4. The van der Waals surface area contributed by atoms with Crippen LogP contribution >= 0.6 is 0 Å². The fourth-order valence-electron chi connectivity index (χ4n) is 3.67. The van der Waals surface area contributed by atoms with Gasteiger partial charge in [-0.2, -0.15) is 0 Å². The van der Waals surface area contributed by atoms with Crippen molar-refractivity contribution < 1.29 is 0 Å². The molecule has 2 unspecified atom stereocenters. The summed E-state index contributed by atoms with van der Waals surface area (Å²) in [5.74, 6) is 0.820. The van der Waals surface area contributed by atoms with Crippen LogP contribution in [0.1, 0.15) is 50.8 Å². The highest BCUT2D eigenvalue weighted by molar-refractivity contribution is 5.07. The van der Waals surface area contributed by atoms with E-state index in [9.17, 15) is 0 Å². The van der Waals surface area contributed by atoms with Gasteiger partial charge in [-0.05, 0) is 65.1 Å². The molecular weight excluding hydrogens is 248 g/mol. The molecule has 2 fully saturated rings. The van der Waals surface area contributed by atoms with E-state index >= 15 is 0 Å². The van der Waals surface area contributed by atoms with E-state index in [1.807, 2.05) is 6.33 Å². The molecule has 0 spiro atoms. The number of likely N-dealkylation sites (tertiary alicyclic amines) is 1. The first-order chi connectivity index (χ1) is 9.72. The van der Waals surface area contributed by atoms with Crippen LogP contribution < -0.4 is 5.32 Å². The number of rotatable bonds is 3. The van der Waals surface area contributed by atoms with Crippen molar-refractivity contribution in [2.24, 2.45) is 5.92 Å². The second kappa shape index (κ2) is 6.27. The van der Waals surface area contributed by atoms with Crippen LogP contribution in [0.15, 0.2) is 12.5 Å².